The molecule has 0 aliphatic carbocycles. The second-order valence-corrected chi connectivity index (χ2v) is 10.1. The van der Waals surface area contributed by atoms with Gasteiger partial charge in [0.25, 0.3) is 0 Å². The van der Waals surface area contributed by atoms with Gasteiger partial charge in [-0.1, -0.05) is 97.1 Å². The maximum atomic E-state index is 15.3. The summed E-state index contributed by atoms with van der Waals surface area (Å²) in [6, 6.07) is 38.8. The van der Waals surface area contributed by atoms with Crippen LogP contribution in [0.1, 0.15) is 28.5 Å². The van der Waals surface area contributed by atoms with Gasteiger partial charge in [-0.15, -0.1) is 0 Å². The van der Waals surface area contributed by atoms with Gasteiger partial charge in [0.15, 0.2) is 6.29 Å². The average Bonchev–Trinajstić information content (AvgIpc) is 3.70. The lowest BCUT2D eigenvalue weighted by atomic mass is 9.76. The molecule has 0 spiro atoms. The summed E-state index contributed by atoms with van der Waals surface area (Å²) in [4.78, 5) is 4.77. The Balaban J connectivity index is 1.42. The van der Waals surface area contributed by atoms with E-state index in [2.05, 4.69) is 41.0 Å². The van der Waals surface area contributed by atoms with Crippen molar-refractivity contribution in [3.05, 3.63) is 162 Å². The fourth-order valence-corrected chi connectivity index (χ4v) is 5.95. The number of hydrogen-bond donors (Lipinski definition) is 0. The topological polar surface area (TPSA) is 36.3 Å². The van der Waals surface area contributed by atoms with Gasteiger partial charge in [-0.25, -0.2) is 13.8 Å². The summed E-state index contributed by atoms with van der Waals surface area (Å²) >= 11 is 0. The van der Waals surface area contributed by atoms with E-state index in [9.17, 15) is 0 Å². The normalized spacial score (nSPS) is 14.1. The minimum Gasteiger partial charge on any atom is -0.346 e. The van der Waals surface area contributed by atoms with Gasteiger partial charge >= 0.3 is 0 Å². The Morgan fingerprint density at radius 3 is 1.68 bits per heavy atom. The van der Waals surface area contributed by atoms with Crippen LogP contribution in [0.2, 0.25) is 0 Å². The number of hydrogen-bond acceptors (Lipinski definition) is 3. The monoisotopic (exact) mass is 544 g/mol. The van der Waals surface area contributed by atoms with E-state index in [1.54, 1.807) is 12.1 Å². The van der Waals surface area contributed by atoms with Gasteiger partial charge in [0.05, 0.1) is 36.1 Å². The number of benzene rings is 5. The molecule has 0 radical (unpaired) electrons. The number of halogens is 2. The standard InChI is InChI=1S/C35H26F2N2O2/c36-29-20-25(34-40-18-19-41-34)21-30(37)33(29)24-16-17-32-31(22-24)38-23-39(32)35(26-10-4-1-5-11-26,27-12-6-2-7-13-27)28-14-8-3-9-15-28/h1-17,20-23,34H,18-19H2. The molecule has 1 aromatic heterocycles. The maximum absolute atomic E-state index is 15.3. The van der Waals surface area contributed by atoms with E-state index in [1.165, 1.54) is 12.1 Å². The molecule has 0 atom stereocenters. The fourth-order valence-electron chi connectivity index (χ4n) is 5.95. The first-order valence-electron chi connectivity index (χ1n) is 13.5. The van der Waals surface area contributed by atoms with E-state index < -0.39 is 23.5 Å². The smallest absolute Gasteiger partial charge is 0.184 e. The molecule has 1 saturated heterocycles. The molecule has 1 fully saturated rings. The molecular weight excluding hydrogens is 518 g/mol. The van der Waals surface area contributed by atoms with Crippen LogP contribution in [-0.4, -0.2) is 22.8 Å². The maximum Gasteiger partial charge on any atom is 0.184 e. The van der Waals surface area contributed by atoms with Gasteiger partial charge < -0.3 is 14.0 Å². The number of nitrogens with zero attached hydrogens (tertiary/aromatic N) is 2. The van der Waals surface area contributed by atoms with Crippen LogP contribution in [0.4, 0.5) is 8.78 Å². The Labute approximate surface area is 236 Å². The van der Waals surface area contributed by atoms with Crippen LogP contribution in [0.25, 0.3) is 22.2 Å². The lowest BCUT2D eigenvalue weighted by molar-refractivity contribution is -0.0444. The minimum atomic E-state index is -0.756. The van der Waals surface area contributed by atoms with Crippen molar-refractivity contribution in [2.45, 2.75) is 11.8 Å². The molecular formula is C35H26F2N2O2. The molecule has 0 unspecified atom stereocenters. The summed E-state index contributed by atoms with van der Waals surface area (Å²) in [6.07, 6.45) is 1.06. The molecule has 202 valence electrons. The van der Waals surface area contributed by atoms with Crippen molar-refractivity contribution >= 4 is 11.0 Å². The first-order valence-corrected chi connectivity index (χ1v) is 13.5. The highest BCUT2D eigenvalue weighted by molar-refractivity contribution is 5.83. The lowest BCUT2D eigenvalue weighted by Crippen LogP contribution is -2.37. The van der Waals surface area contributed by atoms with Crippen molar-refractivity contribution in [3.8, 4) is 11.1 Å². The molecule has 1 aliphatic heterocycles. The SMILES string of the molecule is Fc1cc(C2OCCO2)cc(F)c1-c1ccc2c(c1)ncn2C(c1ccccc1)(c1ccccc1)c1ccccc1. The van der Waals surface area contributed by atoms with Gasteiger partial charge in [0, 0.05) is 5.56 Å². The molecule has 6 aromatic rings. The Hall–Kier alpha value is -4.65. The quantitative estimate of drug-likeness (QED) is 0.200. The van der Waals surface area contributed by atoms with E-state index in [4.69, 9.17) is 14.5 Å². The van der Waals surface area contributed by atoms with Crippen molar-refractivity contribution in [2.24, 2.45) is 0 Å². The summed E-state index contributed by atoms with van der Waals surface area (Å²) in [5.41, 5.74) is 4.50. The first kappa shape index (κ1) is 25.3. The van der Waals surface area contributed by atoms with Crippen molar-refractivity contribution in [2.75, 3.05) is 13.2 Å². The second-order valence-electron chi connectivity index (χ2n) is 10.1. The van der Waals surface area contributed by atoms with Crippen LogP contribution >= 0.6 is 0 Å². The Morgan fingerprint density at radius 2 is 1.17 bits per heavy atom. The van der Waals surface area contributed by atoms with Gasteiger partial charge in [-0.3, -0.25) is 0 Å². The van der Waals surface area contributed by atoms with E-state index >= 15 is 8.78 Å². The van der Waals surface area contributed by atoms with Crippen molar-refractivity contribution in [1.82, 2.24) is 9.55 Å². The molecule has 6 heteroatoms. The van der Waals surface area contributed by atoms with E-state index in [-0.39, 0.29) is 5.56 Å². The van der Waals surface area contributed by atoms with Crippen molar-refractivity contribution in [3.63, 3.8) is 0 Å². The highest BCUT2D eigenvalue weighted by Gasteiger charge is 2.39. The number of ether oxygens (including phenoxy) is 2. The Kier molecular flexibility index (Phi) is 6.42. The summed E-state index contributed by atoms with van der Waals surface area (Å²) < 4.78 is 43.7. The number of imidazole rings is 1. The lowest BCUT2D eigenvalue weighted by Gasteiger charge is -2.38. The van der Waals surface area contributed by atoms with Crippen LogP contribution in [-0.2, 0) is 15.0 Å². The summed E-state index contributed by atoms with van der Waals surface area (Å²) in [5.74, 6) is -1.35. The highest BCUT2D eigenvalue weighted by Crippen LogP contribution is 2.43. The zero-order chi connectivity index (χ0) is 27.8. The average molecular weight is 545 g/mol. The summed E-state index contributed by atoms with van der Waals surface area (Å²) in [7, 11) is 0. The van der Waals surface area contributed by atoms with Crippen LogP contribution in [0.15, 0.2) is 128 Å². The number of rotatable bonds is 6. The first-order chi connectivity index (χ1) is 20.2. The van der Waals surface area contributed by atoms with Gasteiger partial charge in [-0.05, 0) is 46.5 Å². The molecule has 5 aromatic carbocycles. The number of aromatic nitrogens is 2. The zero-order valence-electron chi connectivity index (χ0n) is 22.1. The van der Waals surface area contributed by atoms with E-state index in [1.807, 2.05) is 67.0 Å². The summed E-state index contributed by atoms with van der Waals surface area (Å²) in [5, 5.41) is 0. The Morgan fingerprint density at radius 1 is 0.659 bits per heavy atom. The largest absolute Gasteiger partial charge is 0.346 e. The van der Waals surface area contributed by atoms with E-state index in [0.29, 0.717) is 29.9 Å². The van der Waals surface area contributed by atoms with Crippen LogP contribution in [0.5, 0.6) is 0 Å². The van der Waals surface area contributed by atoms with Crippen molar-refractivity contribution < 1.29 is 18.3 Å². The van der Waals surface area contributed by atoms with Crippen LogP contribution in [0.3, 0.4) is 0 Å². The molecule has 4 nitrogen and oxygen atoms in total. The highest BCUT2D eigenvalue weighted by atomic mass is 19.1. The summed E-state index contributed by atoms with van der Waals surface area (Å²) in [6.45, 7) is 0.789. The molecule has 0 amide bonds. The van der Waals surface area contributed by atoms with E-state index in [0.717, 1.165) is 22.2 Å². The third kappa shape index (κ3) is 4.24. The molecule has 1 aliphatic rings. The third-order valence-corrected chi connectivity index (χ3v) is 7.73. The number of fused-ring (bicyclic) bond motifs is 1. The van der Waals surface area contributed by atoms with Gasteiger partial charge in [0.1, 0.15) is 17.2 Å². The van der Waals surface area contributed by atoms with Crippen molar-refractivity contribution in [1.29, 1.82) is 0 Å². The minimum absolute atomic E-state index is 0.108. The second kappa shape index (κ2) is 10.4. The predicted molar refractivity (Wildman–Crippen MR) is 154 cm³/mol. The molecule has 0 N–H and O–H groups in total. The van der Waals surface area contributed by atoms with Crippen LogP contribution < -0.4 is 0 Å². The van der Waals surface area contributed by atoms with Gasteiger partial charge in [0.2, 0.25) is 0 Å². The Bertz CT molecular complexity index is 1700. The predicted octanol–water partition coefficient (Wildman–Crippen LogP) is 7.87. The third-order valence-electron chi connectivity index (χ3n) is 7.73. The molecule has 2 heterocycles. The molecule has 0 bridgehead atoms. The molecule has 0 saturated carbocycles. The van der Waals surface area contributed by atoms with Crippen LogP contribution in [0, 0.1) is 11.6 Å². The molecule has 7 rings (SSSR count). The zero-order valence-corrected chi connectivity index (χ0v) is 22.1. The van der Waals surface area contributed by atoms with Gasteiger partial charge in [-0.2, -0.15) is 0 Å². The molecule has 41 heavy (non-hydrogen) atoms. The fraction of sp³-hybridized carbons (Fsp3) is 0.114.